The van der Waals surface area contributed by atoms with Crippen molar-refractivity contribution in [2.75, 3.05) is 20.1 Å². The number of aromatic hydroxyl groups is 2. The summed E-state index contributed by atoms with van der Waals surface area (Å²) in [5.41, 5.74) is 10.3. The highest BCUT2D eigenvalue weighted by atomic mass is 16.4. The Bertz CT molecular complexity index is 2230. The number of carboxylic acids is 1. The van der Waals surface area contributed by atoms with Gasteiger partial charge in [-0.1, -0.05) is 61.9 Å². The number of carbonyl (C=O) groups is 6. The van der Waals surface area contributed by atoms with Gasteiger partial charge in [0.2, 0.25) is 23.6 Å². The number of nitrogens with two attached hydrogens (primary N) is 1. The van der Waals surface area contributed by atoms with Crippen molar-refractivity contribution in [1.82, 2.24) is 26.2 Å². The van der Waals surface area contributed by atoms with Crippen LogP contribution in [0.2, 0.25) is 0 Å². The summed E-state index contributed by atoms with van der Waals surface area (Å²) in [7, 11) is 1.36. The van der Waals surface area contributed by atoms with Crippen LogP contribution in [0.15, 0.2) is 84.9 Å². The molecule has 5 amide bonds. The summed E-state index contributed by atoms with van der Waals surface area (Å²) in [6, 6.07) is 18.7. The number of aryl methyl sites for hydroxylation is 1. The Kier molecular flexibility index (Phi) is 15.6. The van der Waals surface area contributed by atoms with Gasteiger partial charge in [-0.25, -0.2) is 4.79 Å². The summed E-state index contributed by atoms with van der Waals surface area (Å²) in [5, 5.41) is 42.2. The monoisotopic (exact) mass is 834 g/mol. The number of likely N-dealkylation sites (N-methyl/N-ethyl adjacent to an activating group) is 1. The number of hydrogen-bond acceptors (Lipinski definition) is 9. The fraction of sp³-hybridized carbons (Fsp3) is 0.348. The molecule has 4 atom stereocenters. The normalized spacial score (nSPS) is 16.9. The Hall–Kier alpha value is -6.74. The first-order chi connectivity index (χ1) is 29.2. The van der Waals surface area contributed by atoms with Crippen molar-refractivity contribution in [3.8, 4) is 33.8 Å². The molecular formula is C46H54N6O9. The van der Waals surface area contributed by atoms with Crippen molar-refractivity contribution < 1.29 is 44.1 Å². The molecular weight excluding hydrogens is 781 g/mol. The van der Waals surface area contributed by atoms with Crippen LogP contribution in [0.5, 0.6) is 11.5 Å². The van der Waals surface area contributed by atoms with Crippen molar-refractivity contribution in [1.29, 1.82) is 0 Å². The molecule has 1 aliphatic heterocycles. The van der Waals surface area contributed by atoms with Gasteiger partial charge < -0.3 is 47.2 Å². The van der Waals surface area contributed by atoms with Crippen molar-refractivity contribution in [3.05, 3.63) is 107 Å². The molecule has 4 bridgehead atoms. The summed E-state index contributed by atoms with van der Waals surface area (Å²) in [4.78, 5) is 81.3. The van der Waals surface area contributed by atoms with E-state index in [4.69, 9.17) is 5.73 Å². The van der Waals surface area contributed by atoms with E-state index in [-0.39, 0.29) is 59.9 Å². The van der Waals surface area contributed by atoms with Gasteiger partial charge in [0, 0.05) is 43.1 Å². The Balaban J connectivity index is 1.33. The number of nitrogens with zero attached hydrogens (tertiary/aromatic N) is 1. The fourth-order valence-corrected chi connectivity index (χ4v) is 7.25. The van der Waals surface area contributed by atoms with E-state index in [0.717, 1.165) is 28.9 Å². The van der Waals surface area contributed by atoms with Gasteiger partial charge >= 0.3 is 5.97 Å². The lowest BCUT2D eigenvalue weighted by atomic mass is 9.93. The number of carbonyl (C=O) groups excluding carboxylic acids is 5. The second kappa shape index (κ2) is 21.0. The molecule has 322 valence electrons. The van der Waals surface area contributed by atoms with Gasteiger partial charge in [0.1, 0.15) is 35.7 Å². The van der Waals surface area contributed by atoms with Crippen molar-refractivity contribution in [3.63, 3.8) is 0 Å². The molecule has 61 heavy (non-hydrogen) atoms. The lowest BCUT2D eigenvalue weighted by Gasteiger charge is -2.32. The number of rotatable bonds is 15. The van der Waals surface area contributed by atoms with Crippen LogP contribution in [0.25, 0.3) is 22.3 Å². The van der Waals surface area contributed by atoms with Crippen LogP contribution < -0.4 is 27.0 Å². The van der Waals surface area contributed by atoms with Crippen LogP contribution in [0.3, 0.4) is 0 Å². The van der Waals surface area contributed by atoms with Gasteiger partial charge in [-0.05, 0) is 103 Å². The molecule has 1 heterocycles. The smallest absolute Gasteiger partial charge is 0.326 e. The topological polar surface area (TPSA) is 240 Å². The van der Waals surface area contributed by atoms with Gasteiger partial charge in [-0.2, -0.15) is 0 Å². The number of benzene rings is 4. The third-order valence-electron chi connectivity index (χ3n) is 10.7. The highest BCUT2D eigenvalue weighted by Gasteiger charge is 2.36. The first-order valence-electron chi connectivity index (χ1n) is 20.4. The molecule has 4 aromatic rings. The largest absolute Gasteiger partial charge is 0.507 e. The number of phenolic OH excluding ortho intramolecular Hbond substituents is 2. The van der Waals surface area contributed by atoms with Crippen LogP contribution >= 0.6 is 0 Å². The molecule has 0 spiro atoms. The second-order valence-electron chi connectivity index (χ2n) is 15.2. The van der Waals surface area contributed by atoms with Crippen LogP contribution in [-0.2, 0) is 36.8 Å². The minimum atomic E-state index is -1.44. The molecule has 0 aromatic heterocycles. The number of fused-ring (bicyclic) bond motifs is 5. The maximum atomic E-state index is 14.4. The Morgan fingerprint density at radius 3 is 2.13 bits per heavy atom. The first-order valence-corrected chi connectivity index (χ1v) is 20.4. The molecule has 1 aliphatic rings. The SMILES string of the molecule is CCCc1ccc(-c2ccc(C(=O)NCCC(=O)NC(CCCCN)C(=O)N(C)[C@@H]3C(=O)N[C@@H](C)C(=O)N[C@H](C(=O)O)Cc4ccc(O)c(c4)-c4cc3ccc4O)cc2)cc1. The third kappa shape index (κ3) is 11.7. The van der Waals surface area contributed by atoms with E-state index in [0.29, 0.717) is 30.5 Å². The highest BCUT2D eigenvalue weighted by molar-refractivity contribution is 5.97. The summed E-state index contributed by atoms with van der Waals surface area (Å²) < 4.78 is 0. The quantitative estimate of drug-likeness (QED) is 0.0803. The van der Waals surface area contributed by atoms with Crippen LogP contribution in [0.1, 0.15) is 79.0 Å². The average molecular weight is 835 g/mol. The molecule has 0 radical (unpaired) electrons. The minimum Gasteiger partial charge on any atom is -0.507 e. The first kappa shape index (κ1) is 45.3. The fourth-order valence-electron chi connectivity index (χ4n) is 7.25. The Morgan fingerprint density at radius 1 is 0.852 bits per heavy atom. The van der Waals surface area contributed by atoms with E-state index in [1.54, 1.807) is 12.1 Å². The van der Waals surface area contributed by atoms with E-state index < -0.39 is 53.8 Å². The van der Waals surface area contributed by atoms with Crippen molar-refractivity contribution >= 4 is 35.5 Å². The van der Waals surface area contributed by atoms with E-state index in [2.05, 4.69) is 52.5 Å². The molecule has 15 heteroatoms. The Morgan fingerprint density at radius 2 is 1.49 bits per heavy atom. The predicted octanol–water partition coefficient (Wildman–Crippen LogP) is 3.95. The molecule has 9 N–H and O–H groups in total. The molecule has 1 unspecified atom stereocenters. The lowest BCUT2D eigenvalue weighted by Crippen LogP contribution is -2.54. The van der Waals surface area contributed by atoms with Gasteiger partial charge in [-0.15, -0.1) is 0 Å². The van der Waals surface area contributed by atoms with Crippen LogP contribution in [0, 0.1) is 0 Å². The van der Waals surface area contributed by atoms with E-state index in [1.807, 2.05) is 12.1 Å². The molecule has 0 saturated carbocycles. The third-order valence-corrected chi connectivity index (χ3v) is 10.7. The summed E-state index contributed by atoms with van der Waals surface area (Å²) in [6.07, 6.45) is 2.91. The van der Waals surface area contributed by atoms with E-state index in [1.165, 1.54) is 55.9 Å². The molecule has 0 fully saturated rings. The zero-order valence-corrected chi connectivity index (χ0v) is 34.6. The van der Waals surface area contributed by atoms with Gasteiger partial charge in [-0.3, -0.25) is 24.0 Å². The second-order valence-corrected chi connectivity index (χ2v) is 15.2. The average Bonchev–Trinajstić information content (AvgIpc) is 3.24. The molecule has 4 aromatic carbocycles. The highest BCUT2D eigenvalue weighted by Crippen LogP contribution is 2.39. The Labute approximate surface area is 354 Å². The van der Waals surface area contributed by atoms with E-state index in [9.17, 15) is 44.1 Å². The number of carboxylic acid groups (broad SMARTS) is 1. The van der Waals surface area contributed by atoms with Gasteiger partial charge in [0.25, 0.3) is 5.91 Å². The van der Waals surface area contributed by atoms with E-state index >= 15 is 0 Å². The van der Waals surface area contributed by atoms with Gasteiger partial charge in [0.05, 0.1) is 0 Å². The summed E-state index contributed by atoms with van der Waals surface area (Å²) in [5.74, 6) is -5.01. The number of nitrogens with one attached hydrogen (secondary N) is 4. The molecule has 0 saturated heterocycles. The summed E-state index contributed by atoms with van der Waals surface area (Å²) >= 11 is 0. The number of aliphatic carboxylic acids is 1. The standard InChI is InChI=1S/C46H54N6O9/c1-4-7-28-9-12-30(13-10-28)31-14-16-32(17-15-31)43(57)48-23-21-40(55)50-36(8-5-6-22-47)45(59)52(3)41-33-18-20-39(54)35(26-33)34-24-29(11-19-38(34)53)25-37(46(60)61)51-42(56)27(2)49-44(41)58/h9-20,24,26-27,36-37,41,53-54H,4-8,21-23,25,47H2,1-3H3,(H,48,57)(H,49,58)(H,50,55)(H,51,56)(H,60,61)/t27-,36?,37-,41-/m0/s1. The minimum absolute atomic E-state index is 0.0249. The van der Waals surface area contributed by atoms with Crippen LogP contribution in [-0.4, -0.2) is 94.0 Å². The maximum absolute atomic E-state index is 14.4. The lowest BCUT2D eigenvalue weighted by molar-refractivity contribution is -0.144. The zero-order chi connectivity index (χ0) is 44.2. The summed E-state index contributed by atoms with van der Waals surface area (Å²) in [6.45, 7) is 3.81. The molecule has 0 aliphatic carbocycles. The molecule has 15 nitrogen and oxygen atoms in total. The van der Waals surface area contributed by atoms with Crippen LogP contribution in [0.4, 0.5) is 0 Å². The number of unbranched alkanes of at least 4 members (excludes halogenated alkanes) is 1. The number of hydrogen-bond donors (Lipinski definition) is 8. The number of phenols is 2. The van der Waals surface area contributed by atoms with Gasteiger partial charge in [0.15, 0.2) is 0 Å². The number of amides is 5. The zero-order valence-electron chi connectivity index (χ0n) is 34.6. The molecule has 5 rings (SSSR count). The maximum Gasteiger partial charge on any atom is 0.326 e. The predicted molar refractivity (Wildman–Crippen MR) is 229 cm³/mol. The van der Waals surface area contributed by atoms with Crippen molar-refractivity contribution in [2.24, 2.45) is 5.73 Å². The van der Waals surface area contributed by atoms with Crippen molar-refractivity contribution in [2.45, 2.75) is 83.0 Å².